The van der Waals surface area contributed by atoms with Crippen molar-refractivity contribution in [1.82, 2.24) is 9.97 Å². The van der Waals surface area contributed by atoms with Gasteiger partial charge in [-0.2, -0.15) is 13.2 Å². The highest BCUT2D eigenvalue weighted by molar-refractivity contribution is 6.06. The lowest BCUT2D eigenvalue weighted by Gasteiger charge is -2.41. The Balaban J connectivity index is 0.000000517. The van der Waals surface area contributed by atoms with Gasteiger partial charge in [-0.15, -0.1) is 0 Å². The Bertz CT molecular complexity index is 1360. The Hall–Kier alpha value is -4.35. The zero-order valence-corrected chi connectivity index (χ0v) is 23.8. The molecule has 0 spiro atoms. The van der Waals surface area contributed by atoms with Crippen LogP contribution in [0.4, 0.5) is 36.2 Å². The zero-order chi connectivity index (χ0) is 30.4. The lowest BCUT2D eigenvalue weighted by atomic mass is 10.00. The van der Waals surface area contributed by atoms with E-state index in [0.717, 1.165) is 55.5 Å². The maximum absolute atomic E-state index is 13.7. The number of para-hydroxylation sites is 1. The summed E-state index contributed by atoms with van der Waals surface area (Å²) in [5.41, 5.74) is 4.35. The number of fused-ring (bicyclic) bond motifs is 1. The molecule has 2 N–H and O–H groups in total. The van der Waals surface area contributed by atoms with Crippen LogP contribution in [0.1, 0.15) is 31.4 Å². The molecule has 1 saturated heterocycles. The summed E-state index contributed by atoms with van der Waals surface area (Å²) in [6.07, 6.45) is -2.70. The lowest BCUT2D eigenvalue weighted by Crippen LogP contribution is -2.50. The van der Waals surface area contributed by atoms with E-state index in [9.17, 15) is 18.0 Å². The van der Waals surface area contributed by atoms with Crippen LogP contribution in [-0.4, -0.2) is 65.3 Å². The Labute approximate surface area is 243 Å². The van der Waals surface area contributed by atoms with Crippen LogP contribution in [0.3, 0.4) is 0 Å². The number of alkyl halides is 3. The fraction of sp³-hybridized carbons (Fsp3) is 0.400. The van der Waals surface area contributed by atoms with E-state index in [1.165, 1.54) is 11.3 Å². The molecule has 1 fully saturated rings. The third-order valence-electron chi connectivity index (χ3n) is 7.06. The number of carboxylic acids is 1. The van der Waals surface area contributed by atoms with Gasteiger partial charge >= 0.3 is 12.1 Å². The number of amides is 1. The Kier molecular flexibility index (Phi) is 9.54. The summed E-state index contributed by atoms with van der Waals surface area (Å²) in [6, 6.07) is 18.6. The van der Waals surface area contributed by atoms with Gasteiger partial charge in [0.1, 0.15) is 18.1 Å². The Morgan fingerprint density at radius 2 is 1.60 bits per heavy atom. The van der Waals surface area contributed by atoms with Crippen LogP contribution in [0.5, 0.6) is 0 Å². The number of aryl methyl sites for hydroxylation is 1. The van der Waals surface area contributed by atoms with Crippen molar-refractivity contribution < 1.29 is 27.9 Å². The molecule has 3 aromatic rings. The first-order valence-electron chi connectivity index (χ1n) is 13.8. The molecule has 224 valence electrons. The molecule has 12 heteroatoms. The van der Waals surface area contributed by atoms with Gasteiger partial charge in [0.05, 0.1) is 6.54 Å². The molecule has 3 heterocycles. The molecule has 1 atom stereocenters. The fourth-order valence-corrected chi connectivity index (χ4v) is 4.96. The van der Waals surface area contributed by atoms with Gasteiger partial charge in [-0.1, -0.05) is 61.9 Å². The molecule has 2 aliphatic rings. The van der Waals surface area contributed by atoms with E-state index in [4.69, 9.17) is 14.9 Å². The number of nitrogens with zero attached hydrogens (tertiary/aromatic N) is 5. The van der Waals surface area contributed by atoms with Crippen LogP contribution in [0.2, 0.25) is 0 Å². The third-order valence-corrected chi connectivity index (χ3v) is 7.06. The standard InChI is InChI=1S/C28H34N6O.C2HF3O2/c1-20(2)17-24-28(35)34(18-22-11-9-21(3)10-12-22)25-26(31-24)29-19-30-27(25)33-15-13-32(14-16-33)23-7-5-4-6-8-23;3-2(4,5)1(6)7/h4-12,19-20,24H,13-18H2,1-3H3,(H,29,30,31);(H,6,7). The van der Waals surface area contributed by atoms with E-state index in [1.807, 2.05) is 11.0 Å². The summed E-state index contributed by atoms with van der Waals surface area (Å²) in [6.45, 7) is 10.3. The number of carbonyl (C=O) groups is 2. The fourth-order valence-electron chi connectivity index (χ4n) is 4.96. The zero-order valence-electron chi connectivity index (χ0n) is 23.8. The molecule has 5 rings (SSSR count). The molecule has 9 nitrogen and oxygen atoms in total. The summed E-state index contributed by atoms with van der Waals surface area (Å²) in [4.78, 5) is 38.5. The molecular formula is C30H35F3N6O3. The van der Waals surface area contributed by atoms with Crippen molar-refractivity contribution in [3.63, 3.8) is 0 Å². The number of rotatable bonds is 6. The van der Waals surface area contributed by atoms with Crippen LogP contribution >= 0.6 is 0 Å². The smallest absolute Gasteiger partial charge is 0.475 e. The largest absolute Gasteiger partial charge is 0.490 e. The van der Waals surface area contributed by atoms with E-state index < -0.39 is 12.1 Å². The number of hydrogen-bond donors (Lipinski definition) is 2. The monoisotopic (exact) mass is 584 g/mol. The highest BCUT2D eigenvalue weighted by Crippen LogP contribution is 2.39. The van der Waals surface area contributed by atoms with Crippen molar-refractivity contribution in [2.75, 3.05) is 46.2 Å². The van der Waals surface area contributed by atoms with E-state index in [1.54, 1.807) is 6.33 Å². The average Bonchev–Trinajstić information content (AvgIpc) is 2.96. The number of benzene rings is 2. The minimum absolute atomic E-state index is 0.0887. The van der Waals surface area contributed by atoms with Gasteiger partial charge in [-0.25, -0.2) is 14.8 Å². The summed E-state index contributed by atoms with van der Waals surface area (Å²) in [7, 11) is 0. The van der Waals surface area contributed by atoms with Crippen molar-refractivity contribution in [3.8, 4) is 0 Å². The van der Waals surface area contributed by atoms with Gasteiger partial charge in [-0.05, 0) is 37.0 Å². The van der Waals surface area contributed by atoms with E-state index in [-0.39, 0.29) is 11.9 Å². The minimum Gasteiger partial charge on any atom is -0.475 e. The van der Waals surface area contributed by atoms with Crippen LogP contribution in [0, 0.1) is 12.8 Å². The molecule has 0 radical (unpaired) electrons. The predicted molar refractivity (Wildman–Crippen MR) is 156 cm³/mol. The van der Waals surface area contributed by atoms with E-state index in [0.29, 0.717) is 12.5 Å². The second-order valence-corrected chi connectivity index (χ2v) is 10.7. The number of aliphatic carboxylic acids is 1. The predicted octanol–water partition coefficient (Wildman–Crippen LogP) is 5.12. The number of hydrogen-bond acceptors (Lipinski definition) is 7. The highest BCUT2D eigenvalue weighted by Gasteiger charge is 2.39. The van der Waals surface area contributed by atoms with Gasteiger partial charge in [0.15, 0.2) is 11.6 Å². The lowest BCUT2D eigenvalue weighted by molar-refractivity contribution is -0.192. The number of anilines is 4. The molecule has 0 saturated carbocycles. The first-order chi connectivity index (χ1) is 19.9. The number of halogens is 3. The Morgan fingerprint density at radius 3 is 2.17 bits per heavy atom. The number of aromatic nitrogens is 2. The van der Waals surface area contributed by atoms with Crippen LogP contribution in [0.15, 0.2) is 60.9 Å². The van der Waals surface area contributed by atoms with Crippen molar-refractivity contribution >= 4 is 34.9 Å². The average molecular weight is 585 g/mol. The number of carbonyl (C=O) groups excluding carboxylic acids is 1. The second kappa shape index (κ2) is 13.1. The molecule has 42 heavy (non-hydrogen) atoms. The van der Waals surface area contributed by atoms with Gasteiger partial charge in [0.25, 0.3) is 0 Å². The number of carboxylic acid groups (broad SMARTS) is 1. The maximum Gasteiger partial charge on any atom is 0.490 e. The summed E-state index contributed by atoms with van der Waals surface area (Å²) in [5.74, 6) is -0.693. The number of piperazine rings is 1. The topological polar surface area (TPSA) is 102 Å². The summed E-state index contributed by atoms with van der Waals surface area (Å²) in [5, 5.41) is 10.6. The van der Waals surface area contributed by atoms with E-state index in [2.05, 4.69) is 89.4 Å². The first-order valence-corrected chi connectivity index (χ1v) is 13.8. The van der Waals surface area contributed by atoms with Crippen molar-refractivity contribution in [3.05, 3.63) is 72.1 Å². The van der Waals surface area contributed by atoms with E-state index >= 15 is 0 Å². The molecular weight excluding hydrogens is 549 g/mol. The van der Waals surface area contributed by atoms with Crippen molar-refractivity contribution in [2.24, 2.45) is 5.92 Å². The SMILES string of the molecule is Cc1ccc(CN2C(=O)C(CC(C)C)Nc3ncnc(N4CCN(c5ccccc5)CC4)c32)cc1.O=C(O)C(F)(F)F. The molecule has 0 bridgehead atoms. The molecule has 2 aliphatic heterocycles. The molecule has 1 amide bonds. The van der Waals surface area contributed by atoms with Crippen LogP contribution in [-0.2, 0) is 16.1 Å². The normalized spacial score (nSPS) is 16.9. The quantitative estimate of drug-likeness (QED) is 0.412. The van der Waals surface area contributed by atoms with Crippen molar-refractivity contribution in [2.45, 2.75) is 46.0 Å². The van der Waals surface area contributed by atoms with Gasteiger partial charge < -0.3 is 20.2 Å². The molecule has 0 aliphatic carbocycles. The minimum atomic E-state index is -5.08. The maximum atomic E-state index is 13.7. The molecule has 2 aromatic carbocycles. The van der Waals surface area contributed by atoms with Crippen LogP contribution in [0.25, 0.3) is 0 Å². The van der Waals surface area contributed by atoms with Crippen LogP contribution < -0.4 is 20.0 Å². The van der Waals surface area contributed by atoms with Gasteiger partial charge in [0, 0.05) is 31.9 Å². The summed E-state index contributed by atoms with van der Waals surface area (Å²) < 4.78 is 31.7. The van der Waals surface area contributed by atoms with Gasteiger partial charge in [-0.3, -0.25) is 9.69 Å². The van der Waals surface area contributed by atoms with Gasteiger partial charge in [0.2, 0.25) is 5.91 Å². The second-order valence-electron chi connectivity index (χ2n) is 10.7. The molecule has 1 unspecified atom stereocenters. The number of nitrogens with one attached hydrogen (secondary N) is 1. The third kappa shape index (κ3) is 7.48. The summed E-state index contributed by atoms with van der Waals surface area (Å²) >= 11 is 0. The highest BCUT2D eigenvalue weighted by atomic mass is 19.4. The molecule has 1 aromatic heterocycles. The Morgan fingerprint density at radius 1 is 1.00 bits per heavy atom. The van der Waals surface area contributed by atoms with Crippen molar-refractivity contribution in [1.29, 1.82) is 0 Å². The first kappa shape index (κ1) is 30.6.